The molecular weight excluding hydrogens is 238 g/mol. The third-order valence-corrected chi connectivity index (χ3v) is 2.62. The van der Waals surface area contributed by atoms with Gasteiger partial charge in [-0.25, -0.2) is 9.97 Å². The van der Waals surface area contributed by atoms with Crippen LogP contribution in [-0.4, -0.2) is 17.1 Å². The zero-order valence-corrected chi connectivity index (χ0v) is 10.3. The summed E-state index contributed by atoms with van der Waals surface area (Å²) >= 11 is 5.92. The van der Waals surface area contributed by atoms with Gasteiger partial charge in [0.1, 0.15) is 5.75 Å². The molecule has 0 spiro atoms. The SMILES string of the molecule is COc1ccc(Nc2nccnc2Cl)c(C)c1. The van der Waals surface area contributed by atoms with Crippen LogP contribution in [0.5, 0.6) is 5.75 Å². The van der Waals surface area contributed by atoms with Crippen molar-refractivity contribution < 1.29 is 4.74 Å². The van der Waals surface area contributed by atoms with Crippen LogP contribution in [0.1, 0.15) is 5.56 Å². The number of benzene rings is 1. The van der Waals surface area contributed by atoms with E-state index in [1.807, 2.05) is 25.1 Å². The molecular formula is C12H12ClN3O. The largest absolute Gasteiger partial charge is 0.497 e. The van der Waals surface area contributed by atoms with Gasteiger partial charge in [-0.3, -0.25) is 0 Å². The molecule has 1 N–H and O–H groups in total. The predicted molar refractivity (Wildman–Crippen MR) is 68.1 cm³/mol. The maximum Gasteiger partial charge on any atom is 0.171 e. The number of methoxy groups -OCH3 is 1. The summed E-state index contributed by atoms with van der Waals surface area (Å²) in [6, 6.07) is 5.73. The smallest absolute Gasteiger partial charge is 0.171 e. The van der Waals surface area contributed by atoms with Gasteiger partial charge in [0.25, 0.3) is 0 Å². The average molecular weight is 250 g/mol. The summed E-state index contributed by atoms with van der Waals surface area (Å²) in [5.74, 6) is 1.36. The maximum absolute atomic E-state index is 5.92. The van der Waals surface area contributed by atoms with E-state index in [1.165, 1.54) is 0 Å². The van der Waals surface area contributed by atoms with E-state index in [0.717, 1.165) is 17.0 Å². The van der Waals surface area contributed by atoms with Crippen molar-refractivity contribution in [1.82, 2.24) is 9.97 Å². The zero-order chi connectivity index (χ0) is 12.3. The minimum Gasteiger partial charge on any atom is -0.497 e. The van der Waals surface area contributed by atoms with Crippen LogP contribution in [0.3, 0.4) is 0 Å². The molecule has 0 aliphatic carbocycles. The van der Waals surface area contributed by atoms with Crippen molar-refractivity contribution in [3.05, 3.63) is 41.3 Å². The Morgan fingerprint density at radius 1 is 1.24 bits per heavy atom. The first-order valence-corrected chi connectivity index (χ1v) is 5.46. The van der Waals surface area contributed by atoms with Crippen molar-refractivity contribution in [3.8, 4) is 5.75 Å². The molecule has 0 saturated heterocycles. The monoisotopic (exact) mass is 249 g/mol. The van der Waals surface area contributed by atoms with Gasteiger partial charge in [-0.2, -0.15) is 0 Å². The molecule has 0 saturated carbocycles. The minimum atomic E-state index is 0.350. The van der Waals surface area contributed by atoms with Gasteiger partial charge in [0, 0.05) is 18.1 Å². The first-order chi connectivity index (χ1) is 8.20. The van der Waals surface area contributed by atoms with Crippen LogP contribution in [0.25, 0.3) is 0 Å². The molecule has 2 aromatic rings. The zero-order valence-electron chi connectivity index (χ0n) is 9.57. The summed E-state index contributed by atoms with van der Waals surface area (Å²) in [6.07, 6.45) is 3.14. The number of anilines is 2. The van der Waals surface area contributed by atoms with Gasteiger partial charge < -0.3 is 10.1 Å². The standard InChI is InChI=1S/C12H12ClN3O/c1-8-7-9(17-2)3-4-10(8)16-12-11(13)14-5-6-15-12/h3-7H,1-2H3,(H,15,16). The van der Waals surface area contributed by atoms with Gasteiger partial charge in [0.2, 0.25) is 0 Å². The van der Waals surface area contributed by atoms with E-state index in [4.69, 9.17) is 16.3 Å². The van der Waals surface area contributed by atoms with E-state index in [0.29, 0.717) is 11.0 Å². The van der Waals surface area contributed by atoms with Gasteiger partial charge in [-0.15, -0.1) is 0 Å². The van der Waals surface area contributed by atoms with Crippen molar-refractivity contribution in [1.29, 1.82) is 0 Å². The number of aryl methyl sites for hydroxylation is 1. The average Bonchev–Trinajstić information content (AvgIpc) is 2.34. The molecule has 0 atom stereocenters. The number of aromatic nitrogens is 2. The second-order valence-corrected chi connectivity index (χ2v) is 3.86. The number of hydrogen-bond acceptors (Lipinski definition) is 4. The summed E-state index contributed by atoms with van der Waals surface area (Å²) < 4.78 is 5.14. The van der Waals surface area contributed by atoms with Gasteiger partial charge in [0.15, 0.2) is 11.0 Å². The Balaban J connectivity index is 2.28. The van der Waals surface area contributed by atoms with E-state index >= 15 is 0 Å². The molecule has 17 heavy (non-hydrogen) atoms. The summed E-state index contributed by atoms with van der Waals surface area (Å²) in [6.45, 7) is 1.98. The quantitative estimate of drug-likeness (QED) is 0.908. The molecule has 0 unspecified atom stereocenters. The lowest BCUT2D eigenvalue weighted by Crippen LogP contribution is -1.97. The molecule has 0 fully saturated rings. The van der Waals surface area contributed by atoms with Crippen molar-refractivity contribution in [3.63, 3.8) is 0 Å². The summed E-state index contributed by atoms with van der Waals surface area (Å²) in [5.41, 5.74) is 1.97. The molecule has 88 valence electrons. The molecule has 1 heterocycles. The lowest BCUT2D eigenvalue weighted by Gasteiger charge is -2.10. The summed E-state index contributed by atoms with van der Waals surface area (Å²) in [4.78, 5) is 8.07. The van der Waals surface area contributed by atoms with E-state index in [1.54, 1.807) is 19.5 Å². The van der Waals surface area contributed by atoms with Gasteiger partial charge >= 0.3 is 0 Å². The summed E-state index contributed by atoms with van der Waals surface area (Å²) in [5, 5.41) is 3.48. The van der Waals surface area contributed by atoms with Crippen LogP contribution in [-0.2, 0) is 0 Å². The third-order valence-electron chi connectivity index (χ3n) is 2.34. The number of hydrogen-bond donors (Lipinski definition) is 1. The molecule has 0 radical (unpaired) electrons. The lowest BCUT2D eigenvalue weighted by molar-refractivity contribution is 0.414. The van der Waals surface area contributed by atoms with E-state index < -0.39 is 0 Å². The highest BCUT2D eigenvalue weighted by molar-refractivity contribution is 6.31. The predicted octanol–water partition coefficient (Wildman–Crippen LogP) is 3.19. The second-order valence-electron chi connectivity index (χ2n) is 3.50. The molecule has 4 nitrogen and oxygen atoms in total. The van der Waals surface area contributed by atoms with Crippen LogP contribution >= 0.6 is 11.6 Å². The van der Waals surface area contributed by atoms with E-state index in [9.17, 15) is 0 Å². The molecule has 1 aromatic carbocycles. The molecule has 0 aliphatic heterocycles. The number of nitrogens with zero attached hydrogens (tertiary/aromatic N) is 2. The van der Waals surface area contributed by atoms with E-state index in [-0.39, 0.29) is 0 Å². The van der Waals surface area contributed by atoms with Crippen LogP contribution in [0.2, 0.25) is 5.15 Å². The second kappa shape index (κ2) is 5.01. The number of rotatable bonds is 3. The Kier molecular flexibility index (Phi) is 3.44. The fraction of sp³-hybridized carbons (Fsp3) is 0.167. The normalized spacial score (nSPS) is 10.1. The topological polar surface area (TPSA) is 47.0 Å². The summed E-state index contributed by atoms with van der Waals surface area (Å²) in [7, 11) is 1.64. The van der Waals surface area contributed by atoms with Gasteiger partial charge in [0.05, 0.1) is 7.11 Å². The maximum atomic E-state index is 5.92. The minimum absolute atomic E-state index is 0.350. The number of halogens is 1. The van der Waals surface area contributed by atoms with Crippen LogP contribution in [0.15, 0.2) is 30.6 Å². The van der Waals surface area contributed by atoms with Crippen molar-refractivity contribution >= 4 is 23.1 Å². The highest BCUT2D eigenvalue weighted by atomic mass is 35.5. The Morgan fingerprint density at radius 2 is 2.00 bits per heavy atom. The van der Waals surface area contributed by atoms with E-state index in [2.05, 4.69) is 15.3 Å². The molecule has 0 amide bonds. The Morgan fingerprint density at radius 3 is 2.65 bits per heavy atom. The Hall–Kier alpha value is -1.81. The van der Waals surface area contributed by atoms with Gasteiger partial charge in [-0.05, 0) is 30.7 Å². The first-order valence-electron chi connectivity index (χ1n) is 5.09. The molecule has 2 rings (SSSR count). The fourth-order valence-corrected chi connectivity index (χ4v) is 1.59. The van der Waals surface area contributed by atoms with Crippen molar-refractivity contribution in [2.75, 3.05) is 12.4 Å². The lowest BCUT2D eigenvalue weighted by atomic mass is 10.2. The third kappa shape index (κ3) is 2.65. The van der Waals surface area contributed by atoms with Crippen LogP contribution < -0.4 is 10.1 Å². The highest BCUT2D eigenvalue weighted by Gasteiger charge is 2.05. The number of ether oxygens (including phenoxy) is 1. The highest BCUT2D eigenvalue weighted by Crippen LogP contribution is 2.25. The van der Waals surface area contributed by atoms with Crippen molar-refractivity contribution in [2.45, 2.75) is 6.92 Å². The number of nitrogens with one attached hydrogen (secondary N) is 1. The Labute approximate surface area is 105 Å². The molecule has 0 bridgehead atoms. The van der Waals surface area contributed by atoms with Crippen molar-refractivity contribution in [2.24, 2.45) is 0 Å². The molecule has 0 aliphatic rings. The fourth-order valence-electron chi connectivity index (χ4n) is 1.44. The first kappa shape index (κ1) is 11.7. The van der Waals surface area contributed by atoms with Crippen LogP contribution in [0, 0.1) is 6.92 Å². The Bertz CT molecular complexity index is 531. The molecule has 1 aromatic heterocycles. The van der Waals surface area contributed by atoms with Gasteiger partial charge in [-0.1, -0.05) is 11.6 Å². The van der Waals surface area contributed by atoms with Crippen LogP contribution in [0.4, 0.5) is 11.5 Å². The molecule has 5 heteroatoms.